The van der Waals surface area contributed by atoms with Crippen LogP contribution in [-0.4, -0.2) is 22.8 Å². The van der Waals surface area contributed by atoms with Crippen LogP contribution in [0.3, 0.4) is 0 Å². The summed E-state index contributed by atoms with van der Waals surface area (Å²) in [6, 6.07) is 3.93. The second-order valence-corrected chi connectivity index (χ2v) is 3.54. The number of alkyl halides is 3. The summed E-state index contributed by atoms with van der Waals surface area (Å²) in [5.41, 5.74) is 0.327. The van der Waals surface area contributed by atoms with Gasteiger partial charge in [-0.05, 0) is 19.1 Å². The van der Waals surface area contributed by atoms with E-state index in [0.29, 0.717) is 5.56 Å². The number of Topliss-reactive ketones (excluding diaryl/α,β-unsaturated/α-hetero) is 2. The lowest BCUT2D eigenvalue weighted by molar-refractivity contribution is -0.170. The largest absolute Gasteiger partial charge is 0.507 e. The lowest BCUT2D eigenvalue weighted by Gasteiger charge is -2.06. The molecule has 0 radical (unpaired) electrons. The van der Waals surface area contributed by atoms with Gasteiger partial charge in [0.1, 0.15) is 5.75 Å². The molecule has 0 saturated heterocycles. The smallest absolute Gasteiger partial charge is 0.450 e. The quantitative estimate of drug-likeness (QED) is 0.658. The summed E-state index contributed by atoms with van der Waals surface area (Å²) in [6.07, 6.45) is -6.32. The lowest BCUT2D eigenvalue weighted by Crippen LogP contribution is -2.25. The highest BCUT2D eigenvalue weighted by Gasteiger charge is 2.39. The van der Waals surface area contributed by atoms with Gasteiger partial charge in [0.25, 0.3) is 0 Å². The van der Waals surface area contributed by atoms with E-state index in [2.05, 4.69) is 0 Å². The fraction of sp³-hybridized carbons (Fsp3) is 0.273. The molecule has 0 aliphatic carbocycles. The Morgan fingerprint density at radius 2 is 1.88 bits per heavy atom. The summed E-state index contributed by atoms with van der Waals surface area (Å²) in [5.74, 6) is -3.60. The molecular formula is C11H9F3O3. The first-order chi connectivity index (χ1) is 7.71. The normalized spacial score (nSPS) is 11.3. The zero-order chi connectivity index (χ0) is 13.2. The van der Waals surface area contributed by atoms with E-state index in [9.17, 15) is 27.9 Å². The maximum Gasteiger partial charge on any atom is 0.450 e. The Kier molecular flexibility index (Phi) is 3.55. The van der Waals surface area contributed by atoms with Crippen LogP contribution in [-0.2, 0) is 4.79 Å². The maximum atomic E-state index is 11.9. The van der Waals surface area contributed by atoms with Crippen molar-refractivity contribution in [3.05, 3.63) is 29.3 Å². The summed E-state index contributed by atoms with van der Waals surface area (Å²) in [5, 5.41) is 9.31. The van der Waals surface area contributed by atoms with Gasteiger partial charge in [-0.1, -0.05) is 11.6 Å². The summed E-state index contributed by atoms with van der Waals surface area (Å²) in [7, 11) is 0. The molecular weight excluding hydrogens is 237 g/mol. The van der Waals surface area contributed by atoms with E-state index < -0.39 is 29.9 Å². The van der Waals surface area contributed by atoms with E-state index in [0.717, 1.165) is 0 Å². The molecule has 1 N–H and O–H groups in total. The molecule has 0 fully saturated rings. The third kappa shape index (κ3) is 3.30. The van der Waals surface area contributed by atoms with Gasteiger partial charge in [0, 0.05) is 0 Å². The molecule has 0 unspecified atom stereocenters. The number of carbonyl (C=O) groups is 2. The summed E-state index contributed by atoms with van der Waals surface area (Å²) < 4.78 is 35.8. The Balaban J connectivity index is 2.91. The number of aromatic hydroxyl groups is 1. The fourth-order valence-electron chi connectivity index (χ4n) is 1.21. The van der Waals surface area contributed by atoms with Crippen molar-refractivity contribution in [2.24, 2.45) is 0 Å². The van der Waals surface area contributed by atoms with Crippen LogP contribution in [0.2, 0.25) is 0 Å². The van der Waals surface area contributed by atoms with Crippen molar-refractivity contribution in [3.63, 3.8) is 0 Å². The van der Waals surface area contributed by atoms with Crippen LogP contribution in [0, 0.1) is 6.92 Å². The number of hydrogen-bond donors (Lipinski definition) is 1. The van der Waals surface area contributed by atoms with E-state index in [1.807, 2.05) is 0 Å². The van der Waals surface area contributed by atoms with E-state index in [-0.39, 0.29) is 5.56 Å². The van der Waals surface area contributed by atoms with Gasteiger partial charge < -0.3 is 5.11 Å². The molecule has 0 bridgehead atoms. The van der Waals surface area contributed by atoms with Crippen molar-refractivity contribution in [2.75, 3.05) is 0 Å². The van der Waals surface area contributed by atoms with Crippen molar-refractivity contribution >= 4 is 11.6 Å². The van der Waals surface area contributed by atoms with Crippen LogP contribution in [0.25, 0.3) is 0 Å². The highest BCUT2D eigenvalue weighted by molar-refractivity contribution is 6.10. The number of benzene rings is 1. The Morgan fingerprint density at radius 1 is 1.29 bits per heavy atom. The first-order valence-electron chi connectivity index (χ1n) is 4.64. The van der Waals surface area contributed by atoms with E-state index in [1.54, 1.807) is 6.92 Å². The molecule has 0 amide bonds. The standard InChI is InChI=1S/C11H9F3O3/c1-6-2-3-8(15)7(4-6)9(16)5-10(17)11(12,13)14/h2-4,15H,5H2,1H3. The van der Waals surface area contributed by atoms with E-state index in [1.165, 1.54) is 18.2 Å². The Hall–Kier alpha value is -1.85. The van der Waals surface area contributed by atoms with Gasteiger partial charge in [-0.25, -0.2) is 0 Å². The molecule has 0 aromatic heterocycles. The van der Waals surface area contributed by atoms with Crippen LogP contribution in [0.4, 0.5) is 13.2 Å². The zero-order valence-electron chi connectivity index (χ0n) is 8.84. The summed E-state index contributed by atoms with van der Waals surface area (Å²) in [4.78, 5) is 22.0. The summed E-state index contributed by atoms with van der Waals surface area (Å²) >= 11 is 0. The first-order valence-corrected chi connectivity index (χ1v) is 4.64. The van der Waals surface area contributed by atoms with Crippen LogP contribution >= 0.6 is 0 Å². The van der Waals surface area contributed by atoms with Gasteiger partial charge in [-0.15, -0.1) is 0 Å². The van der Waals surface area contributed by atoms with Crippen LogP contribution in [0.5, 0.6) is 5.75 Å². The second-order valence-electron chi connectivity index (χ2n) is 3.54. The van der Waals surface area contributed by atoms with Gasteiger partial charge in [-0.3, -0.25) is 9.59 Å². The molecule has 17 heavy (non-hydrogen) atoms. The van der Waals surface area contributed by atoms with Crippen molar-refractivity contribution in [1.82, 2.24) is 0 Å². The predicted molar refractivity (Wildman–Crippen MR) is 52.9 cm³/mol. The van der Waals surface area contributed by atoms with Gasteiger partial charge in [0.15, 0.2) is 5.78 Å². The fourth-order valence-corrected chi connectivity index (χ4v) is 1.21. The minimum atomic E-state index is -5.03. The highest BCUT2D eigenvalue weighted by Crippen LogP contribution is 2.23. The molecule has 1 rings (SSSR count). The average Bonchev–Trinajstić information content (AvgIpc) is 2.20. The van der Waals surface area contributed by atoms with Crippen molar-refractivity contribution in [2.45, 2.75) is 19.5 Å². The molecule has 0 atom stereocenters. The van der Waals surface area contributed by atoms with Gasteiger partial charge in [-0.2, -0.15) is 13.2 Å². The minimum Gasteiger partial charge on any atom is -0.507 e. The molecule has 0 spiro atoms. The number of phenolic OH excluding ortho intramolecular Hbond substituents is 1. The Labute approximate surface area is 94.9 Å². The number of halogens is 3. The molecule has 0 heterocycles. The average molecular weight is 246 g/mol. The molecule has 0 aliphatic heterocycles. The van der Waals surface area contributed by atoms with Crippen LogP contribution in [0.15, 0.2) is 18.2 Å². The second kappa shape index (κ2) is 4.57. The topological polar surface area (TPSA) is 54.4 Å². The van der Waals surface area contributed by atoms with E-state index >= 15 is 0 Å². The molecule has 3 nitrogen and oxygen atoms in total. The number of ketones is 2. The molecule has 0 aliphatic rings. The van der Waals surface area contributed by atoms with Crippen LogP contribution in [0.1, 0.15) is 22.3 Å². The molecule has 92 valence electrons. The van der Waals surface area contributed by atoms with Gasteiger partial charge >= 0.3 is 6.18 Å². The minimum absolute atomic E-state index is 0.275. The van der Waals surface area contributed by atoms with Crippen molar-refractivity contribution in [1.29, 1.82) is 0 Å². The first kappa shape index (κ1) is 13.2. The van der Waals surface area contributed by atoms with E-state index in [4.69, 9.17) is 0 Å². The van der Waals surface area contributed by atoms with Crippen molar-refractivity contribution < 1.29 is 27.9 Å². The number of aryl methyl sites for hydroxylation is 1. The summed E-state index contributed by atoms with van der Waals surface area (Å²) in [6.45, 7) is 1.61. The third-order valence-electron chi connectivity index (χ3n) is 2.09. The monoisotopic (exact) mass is 246 g/mol. The number of phenols is 1. The maximum absolute atomic E-state index is 11.9. The molecule has 1 aromatic carbocycles. The number of carbonyl (C=O) groups excluding carboxylic acids is 2. The SMILES string of the molecule is Cc1ccc(O)c(C(=O)CC(=O)C(F)(F)F)c1. The molecule has 1 aromatic rings. The molecule has 6 heteroatoms. The molecule has 0 saturated carbocycles. The van der Waals surface area contributed by atoms with Crippen LogP contribution < -0.4 is 0 Å². The highest BCUT2D eigenvalue weighted by atomic mass is 19.4. The van der Waals surface area contributed by atoms with Crippen molar-refractivity contribution in [3.8, 4) is 5.75 Å². The number of rotatable bonds is 3. The third-order valence-corrected chi connectivity index (χ3v) is 2.09. The Morgan fingerprint density at radius 3 is 2.41 bits per heavy atom. The Bertz CT molecular complexity index is 464. The number of hydrogen-bond acceptors (Lipinski definition) is 3. The van der Waals surface area contributed by atoms with Gasteiger partial charge in [0.05, 0.1) is 12.0 Å². The van der Waals surface area contributed by atoms with Gasteiger partial charge in [0.2, 0.25) is 5.78 Å². The zero-order valence-corrected chi connectivity index (χ0v) is 8.84. The lowest BCUT2D eigenvalue weighted by atomic mass is 10.0. The predicted octanol–water partition coefficient (Wildman–Crippen LogP) is 2.40.